The fourth-order valence-corrected chi connectivity index (χ4v) is 2.86. The first-order valence-electron chi connectivity index (χ1n) is 6.69. The first kappa shape index (κ1) is 13.6. The van der Waals surface area contributed by atoms with E-state index in [1.54, 1.807) is 0 Å². The van der Waals surface area contributed by atoms with Crippen LogP contribution in [0.15, 0.2) is 0 Å². The van der Waals surface area contributed by atoms with E-state index in [4.69, 9.17) is 0 Å². The molecule has 1 aliphatic rings. The van der Waals surface area contributed by atoms with Gasteiger partial charge in [0.05, 0.1) is 0 Å². The minimum Gasteiger partial charge on any atom is -0.317 e. The summed E-state index contributed by atoms with van der Waals surface area (Å²) in [5.74, 6) is 7.98. The largest absolute Gasteiger partial charge is 0.317 e. The van der Waals surface area contributed by atoms with Gasteiger partial charge < -0.3 is 5.32 Å². The molecule has 0 aromatic rings. The van der Waals surface area contributed by atoms with Crippen LogP contribution in [0.1, 0.15) is 53.4 Å². The van der Waals surface area contributed by atoms with E-state index in [1.807, 2.05) is 6.92 Å². The van der Waals surface area contributed by atoms with Crippen LogP contribution in [0.2, 0.25) is 0 Å². The summed E-state index contributed by atoms with van der Waals surface area (Å²) < 4.78 is 0. The Morgan fingerprint density at radius 3 is 2.69 bits per heavy atom. The van der Waals surface area contributed by atoms with Crippen molar-refractivity contribution in [2.45, 2.75) is 53.4 Å². The van der Waals surface area contributed by atoms with Crippen molar-refractivity contribution in [1.82, 2.24) is 5.32 Å². The topological polar surface area (TPSA) is 12.0 Å². The fraction of sp³-hybridized carbons (Fsp3) is 0.867. The molecule has 1 aliphatic carbocycles. The Balaban J connectivity index is 2.55. The summed E-state index contributed by atoms with van der Waals surface area (Å²) in [6.07, 6.45) is 5.18. The van der Waals surface area contributed by atoms with Crippen LogP contribution < -0.4 is 5.32 Å². The van der Waals surface area contributed by atoms with E-state index in [9.17, 15) is 0 Å². The van der Waals surface area contributed by atoms with Gasteiger partial charge in [-0.1, -0.05) is 20.8 Å². The second-order valence-corrected chi connectivity index (χ2v) is 5.87. The van der Waals surface area contributed by atoms with Crippen molar-refractivity contribution in [3.05, 3.63) is 0 Å². The molecule has 0 bridgehead atoms. The van der Waals surface area contributed by atoms with Crippen molar-refractivity contribution in [3.8, 4) is 11.8 Å². The molecule has 1 N–H and O–H groups in total. The van der Waals surface area contributed by atoms with Gasteiger partial charge in [0.25, 0.3) is 0 Å². The van der Waals surface area contributed by atoms with E-state index in [0.717, 1.165) is 24.8 Å². The second kappa shape index (κ2) is 6.30. The maximum Gasteiger partial charge on any atom is 0.0120 e. The minimum absolute atomic E-state index is 0.531. The zero-order valence-corrected chi connectivity index (χ0v) is 11.4. The standard InChI is InChI=1S/C15H27N/c1-5-7-8-13-11-15(3,4)10-9-14(13)12-16-6-2/h13-14,16H,6,8-12H2,1-4H3. The van der Waals surface area contributed by atoms with Crippen molar-refractivity contribution >= 4 is 0 Å². The highest BCUT2D eigenvalue weighted by atomic mass is 14.8. The summed E-state index contributed by atoms with van der Waals surface area (Å²) in [7, 11) is 0. The first-order chi connectivity index (χ1) is 7.59. The van der Waals surface area contributed by atoms with E-state index < -0.39 is 0 Å². The van der Waals surface area contributed by atoms with E-state index in [1.165, 1.54) is 25.8 Å². The van der Waals surface area contributed by atoms with E-state index >= 15 is 0 Å². The van der Waals surface area contributed by atoms with Gasteiger partial charge in [0, 0.05) is 6.42 Å². The van der Waals surface area contributed by atoms with Gasteiger partial charge in [-0.05, 0) is 56.5 Å². The maximum atomic E-state index is 3.50. The quantitative estimate of drug-likeness (QED) is 0.717. The minimum atomic E-state index is 0.531. The molecular weight excluding hydrogens is 194 g/mol. The average Bonchev–Trinajstić information content (AvgIpc) is 2.24. The van der Waals surface area contributed by atoms with Gasteiger partial charge in [-0.15, -0.1) is 11.8 Å². The lowest BCUT2D eigenvalue weighted by Crippen LogP contribution is -2.35. The fourth-order valence-electron chi connectivity index (χ4n) is 2.86. The van der Waals surface area contributed by atoms with Gasteiger partial charge in [-0.3, -0.25) is 0 Å². The Hall–Kier alpha value is -0.480. The van der Waals surface area contributed by atoms with Crippen LogP contribution in [0.5, 0.6) is 0 Å². The summed E-state index contributed by atoms with van der Waals surface area (Å²) in [4.78, 5) is 0. The molecule has 1 heteroatoms. The highest BCUT2D eigenvalue weighted by molar-refractivity contribution is 4.99. The van der Waals surface area contributed by atoms with Crippen LogP contribution in [-0.2, 0) is 0 Å². The predicted octanol–water partition coefficient (Wildman–Crippen LogP) is 3.45. The van der Waals surface area contributed by atoms with Gasteiger partial charge in [-0.25, -0.2) is 0 Å². The van der Waals surface area contributed by atoms with Gasteiger partial charge in [0.2, 0.25) is 0 Å². The number of rotatable bonds is 4. The van der Waals surface area contributed by atoms with Crippen LogP contribution in [0.4, 0.5) is 0 Å². The summed E-state index contributed by atoms with van der Waals surface area (Å²) in [6.45, 7) is 11.2. The smallest absolute Gasteiger partial charge is 0.0120 e. The molecule has 0 aromatic heterocycles. The van der Waals surface area contributed by atoms with Crippen molar-refractivity contribution < 1.29 is 0 Å². The molecule has 1 rings (SSSR count). The number of nitrogens with one attached hydrogen (secondary N) is 1. The molecule has 0 aromatic carbocycles. The van der Waals surface area contributed by atoms with Gasteiger partial charge in [0.15, 0.2) is 0 Å². The van der Waals surface area contributed by atoms with Gasteiger partial charge in [0.1, 0.15) is 0 Å². The van der Waals surface area contributed by atoms with E-state index in [2.05, 4.69) is 37.9 Å². The summed E-state index contributed by atoms with van der Waals surface area (Å²) in [5, 5.41) is 3.50. The van der Waals surface area contributed by atoms with Crippen LogP contribution in [0, 0.1) is 29.1 Å². The Bertz CT molecular complexity index is 256. The number of hydrogen-bond donors (Lipinski definition) is 1. The summed E-state index contributed by atoms with van der Waals surface area (Å²) in [6, 6.07) is 0. The molecule has 16 heavy (non-hydrogen) atoms. The molecule has 0 spiro atoms. The highest BCUT2D eigenvalue weighted by Gasteiger charge is 2.33. The molecule has 1 saturated carbocycles. The van der Waals surface area contributed by atoms with Crippen LogP contribution in [0.25, 0.3) is 0 Å². The molecule has 0 aliphatic heterocycles. The Kier molecular flexibility index (Phi) is 5.35. The third-order valence-corrected chi connectivity index (χ3v) is 3.87. The monoisotopic (exact) mass is 221 g/mol. The molecule has 0 amide bonds. The van der Waals surface area contributed by atoms with Gasteiger partial charge in [-0.2, -0.15) is 0 Å². The second-order valence-electron chi connectivity index (χ2n) is 5.87. The SMILES string of the molecule is CC#CCC1CC(C)(C)CCC1CNCC. The van der Waals surface area contributed by atoms with E-state index in [-0.39, 0.29) is 0 Å². The molecule has 0 saturated heterocycles. The van der Waals surface area contributed by atoms with Crippen molar-refractivity contribution in [2.24, 2.45) is 17.3 Å². The Labute approximate surface area is 101 Å². The first-order valence-corrected chi connectivity index (χ1v) is 6.69. The summed E-state index contributed by atoms with van der Waals surface area (Å²) in [5.41, 5.74) is 0.531. The Morgan fingerprint density at radius 2 is 2.06 bits per heavy atom. The van der Waals surface area contributed by atoms with Crippen molar-refractivity contribution in [3.63, 3.8) is 0 Å². The zero-order chi connectivity index (χ0) is 12.0. The molecule has 2 atom stereocenters. The average molecular weight is 221 g/mol. The lowest BCUT2D eigenvalue weighted by Gasteiger charge is -2.40. The lowest BCUT2D eigenvalue weighted by atomic mass is 9.66. The zero-order valence-electron chi connectivity index (χ0n) is 11.4. The molecule has 0 radical (unpaired) electrons. The molecule has 1 fully saturated rings. The number of hydrogen-bond acceptors (Lipinski definition) is 1. The van der Waals surface area contributed by atoms with Gasteiger partial charge >= 0.3 is 0 Å². The highest BCUT2D eigenvalue weighted by Crippen LogP contribution is 2.42. The third kappa shape index (κ3) is 4.18. The van der Waals surface area contributed by atoms with Crippen LogP contribution in [-0.4, -0.2) is 13.1 Å². The lowest BCUT2D eigenvalue weighted by molar-refractivity contribution is 0.119. The van der Waals surface area contributed by atoms with Crippen LogP contribution >= 0.6 is 0 Å². The van der Waals surface area contributed by atoms with Crippen LogP contribution in [0.3, 0.4) is 0 Å². The normalized spacial score (nSPS) is 28.2. The molecule has 2 unspecified atom stereocenters. The third-order valence-electron chi connectivity index (χ3n) is 3.87. The molecule has 0 heterocycles. The van der Waals surface area contributed by atoms with Crippen molar-refractivity contribution in [2.75, 3.05) is 13.1 Å². The van der Waals surface area contributed by atoms with Crippen molar-refractivity contribution in [1.29, 1.82) is 0 Å². The maximum absolute atomic E-state index is 3.50. The molecule has 1 nitrogen and oxygen atoms in total. The molecular formula is C15H27N. The van der Waals surface area contributed by atoms with E-state index in [0.29, 0.717) is 5.41 Å². The predicted molar refractivity (Wildman–Crippen MR) is 71.2 cm³/mol. The molecule has 92 valence electrons. The Morgan fingerprint density at radius 1 is 1.31 bits per heavy atom. The summed E-state index contributed by atoms with van der Waals surface area (Å²) >= 11 is 0.